The Labute approximate surface area is 168 Å². The lowest BCUT2D eigenvalue weighted by Crippen LogP contribution is -2.15. The highest BCUT2D eigenvalue weighted by Crippen LogP contribution is 2.27. The Morgan fingerprint density at radius 1 is 1.03 bits per heavy atom. The number of pyridine rings is 2. The third-order valence-electron chi connectivity index (χ3n) is 4.91. The van der Waals surface area contributed by atoms with Crippen molar-refractivity contribution >= 4 is 28.3 Å². The molecule has 0 aliphatic rings. The van der Waals surface area contributed by atoms with Crippen LogP contribution < -0.4 is 11.1 Å². The molecule has 0 radical (unpaired) electrons. The van der Waals surface area contributed by atoms with Crippen molar-refractivity contribution in [3.05, 3.63) is 70.8 Å². The minimum absolute atomic E-state index is 0.209. The van der Waals surface area contributed by atoms with Crippen LogP contribution in [0.15, 0.2) is 42.6 Å². The fraction of sp³-hybridized carbons (Fsp3) is 0.182. The first kappa shape index (κ1) is 18.6. The fourth-order valence-corrected chi connectivity index (χ4v) is 3.45. The maximum Gasteiger partial charge on any atom is 0.256 e. The molecule has 4 aromatic rings. The van der Waals surface area contributed by atoms with Gasteiger partial charge in [-0.05, 0) is 69.7 Å². The number of aromatic nitrogens is 4. The summed E-state index contributed by atoms with van der Waals surface area (Å²) >= 11 is 0. The molecule has 0 spiro atoms. The summed E-state index contributed by atoms with van der Waals surface area (Å²) in [6, 6.07) is 11.1. The molecule has 0 fully saturated rings. The summed E-state index contributed by atoms with van der Waals surface area (Å²) in [5, 5.41) is 8.38. The molecule has 0 bridgehead atoms. The summed E-state index contributed by atoms with van der Waals surface area (Å²) in [6.45, 7) is 7.57. The predicted molar refractivity (Wildman–Crippen MR) is 114 cm³/mol. The third kappa shape index (κ3) is 3.31. The van der Waals surface area contributed by atoms with Gasteiger partial charge in [-0.15, -0.1) is 0 Å². The van der Waals surface area contributed by atoms with Gasteiger partial charge in [-0.3, -0.25) is 9.78 Å². The van der Waals surface area contributed by atoms with E-state index in [-0.39, 0.29) is 5.91 Å². The van der Waals surface area contributed by atoms with Crippen molar-refractivity contribution in [2.75, 3.05) is 11.1 Å². The van der Waals surface area contributed by atoms with Crippen molar-refractivity contribution in [2.45, 2.75) is 27.7 Å². The molecule has 3 aromatic heterocycles. The zero-order valence-electron chi connectivity index (χ0n) is 16.8. The summed E-state index contributed by atoms with van der Waals surface area (Å²) in [7, 11) is 0. The quantitative estimate of drug-likeness (QED) is 0.521. The third-order valence-corrected chi connectivity index (χ3v) is 4.91. The molecule has 3 heterocycles. The lowest BCUT2D eigenvalue weighted by atomic mass is 10.1. The number of nitrogen functional groups attached to an aromatic ring is 1. The number of nitrogens with two attached hydrogens (primary N) is 1. The number of hydrogen-bond acceptors (Lipinski definition) is 5. The zero-order valence-corrected chi connectivity index (χ0v) is 16.8. The van der Waals surface area contributed by atoms with Gasteiger partial charge >= 0.3 is 0 Å². The fourth-order valence-electron chi connectivity index (χ4n) is 3.45. The average Bonchev–Trinajstić information content (AvgIpc) is 3.01. The van der Waals surface area contributed by atoms with Crippen LogP contribution in [-0.2, 0) is 0 Å². The Morgan fingerprint density at radius 2 is 1.76 bits per heavy atom. The summed E-state index contributed by atoms with van der Waals surface area (Å²) < 4.78 is 1.74. The lowest BCUT2D eigenvalue weighted by Gasteiger charge is -2.12. The van der Waals surface area contributed by atoms with Gasteiger partial charge in [-0.25, -0.2) is 9.67 Å². The second kappa shape index (κ2) is 7.01. The second-order valence-corrected chi connectivity index (χ2v) is 7.14. The van der Waals surface area contributed by atoms with Gasteiger partial charge in [0.2, 0.25) is 0 Å². The largest absolute Gasteiger partial charge is 0.399 e. The topological polar surface area (TPSA) is 98.7 Å². The maximum absolute atomic E-state index is 13.2. The molecule has 29 heavy (non-hydrogen) atoms. The van der Waals surface area contributed by atoms with Crippen LogP contribution in [0.1, 0.15) is 33.0 Å². The number of nitrogens with one attached hydrogen (secondary N) is 1. The molecule has 7 heteroatoms. The van der Waals surface area contributed by atoms with Crippen molar-refractivity contribution in [3.8, 4) is 5.69 Å². The molecule has 7 nitrogen and oxygen atoms in total. The summed E-state index contributed by atoms with van der Waals surface area (Å²) in [5.74, 6) is -0.209. The second-order valence-electron chi connectivity index (χ2n) is 7.14. The van der Waals surface area contributed by atoms with Gasteiger partial charge in [-0.1, -0.05) is 0 Å². The van der Waals surface area contributed by atoms with Crippen molar-refractivity contribution in [3.63, 3.8) is 0 Å². The van der Waals surface area contributed by atoms with Gasteiger partial charge in [0.1, 0.15) is 0 Å². The Hall–Kier alpha value is -3.74. The highest BCUT2D eigenvalue weighted by molar-refractivity contribution is 6.13. The SMILES string of the molecule is Cc1cc(C(=O)Nc2c(C)ccnc2C)c2c(C)nn(-c3ccc(N)cc3)c2n1. The van der Waals surface area contributed by atoms with Crippen molar-refractivity contribution in [1.82, 2.24) is 19.7 Å². The van der Waals surface area contributed by atoms with Crippen molar-refractivity contribution < 1.29 is 4.79 Å². The number of carbonyl (C=O) groups excluding carboxylic acids is 1. The lowest BCUT2D eigenvalue weighted by molar-refractivity contribution is 0.102. The summed E-state index contributed by atoms with van der Waals surface area (Å²) in [4.78, 5) is 22.1. The minimum Gasteiger partial charge on any atom is -0.399 e. The molecule has 0 unspecified atom stereocenters. The van der Waals surface area contributed by atoms with Crippen LogP contribution in [0, 0.1) is 27.7 Å². The van der Waals surface area contributed by atoms with Crippen LogP contribution in [0.5, 0.6) is 0 Å². The van der Waals surface area contributed by atoms with E-state index in [1.165, 1.54) is 0 Å². The van der Waals surface area contributed by atoms with Gasteiger partial charge < -0.3 is 11.1 Å². The van der Waals surface area contributed by atoms with Gasteiger partial charge in [0, 0.05) is 17.6 Å². The number of anilines is 2. The van der Waals surface area contributed by atoms with E-state index in [2.05, 4.69) is 20.4 Å². The van der Waals surface area contributed by atoms with E-state index in [1.54, 1.807) is 16.9 Å². The number of aryl methyl sites for hydroxylation is 4. The first-order valence-electron chi connectivity index (χ1n) is 9.31. The Bertz CT molecular complexity index is 1220. The minimum atomic E-state index is -0.209. The molecular formula is C22H22N6O. The molecule has 0 saturated carbocycles. The van der Waals surface area contributed by atoms with Crippen LogP contribution in [0.25, 0.3) is 16.7 Å². The number of benzene rings is 1. The van der Waals surface area contributed by atoms with E-state index in [1.807, 2.05) is 58.0 Å². The van der Waals surface area contributed by atoms with Gasteiger partial charge in [0.05, 0.1) is 33.7 Å². The molecule has 1 amide bonds. The maximum atomic E-state index is 13.2. The molecule has 0 aliphatic heterocycles. The monoisotopic (exact) mass is 386 g/mol. The normalized spacial score (nSPS) is 11.0. The number of nitrogens with zero attached hydrogens (tertiary/aromatic N) is 4. The van der Waals surface area contributed by atoms with E-state index >= 15 is 0 Å². The van der Waals surface area contributed by atoms with Gasteiger partial charge in [-0.2, -0.15) is 5.10 Å². The van der Waals surface area contributed by atoms with E-state index in [4.69, 9.17) is 5.73 Å². The number of carbonyl (C=O) groups is 1. The van der Waals surface area contributed by atoms with E-state index in [0.717, 1.165) is 39.4 Å². The standard InChI is InChI=1S/C22H22N6O/c1-12-9-10-24-15(4)20(12)26-22(29)18-11-13(2)25-21-19(18)14(3)27-28(21)17-7-5-16(23)6-8-17/h5-11H,23H2,1-4H3,(H,26,29). The first-order chi connectivity index (χ1) is 13.8. The van der Waals surface area contributed by atoms with E-state index in [9.17, 15) is 4.79 Å². The Kier molecular flexibility index (Phi) is 4.50. The molecule has 4 rings (SSSR count). The van der Waals surface area contributed by atoms with Crippen molar-refractivity contribution in [2.24, 2.45) is 0 Å². The molecule has 0 atom stereocenters. The number of rotatable bonds is 3. The van der Waals surface area contributed by atoms with Crippen molar-refractivity contribution in [1.29, 1.82) is 0 Å². The molecule has 0 saturated heterocycles. The predicted octanol–water partition coefficient (Wildman–Crippen LogP) is 3.88. The van der Waals surface area contributed by atoms with Crippen LogP contribution >= 0.6 is 0 Å². The first-order valence-corrected chi connectivity index (χ1v) is 9.31. The van der Waals surface area contributed by atoms with E-state index in [0.29, 0.717) is 16.9 Å². The van der Waals surface area contributed by atoms with Crippen LogP contribution in [-0.4, -0.2) is 25.7 Å². The Balaban J connectivity index is 1.85. The van der Waals surface area contributed by atoms with Gasteiger partial charge in [0.15, 0.2) is 5.65 Å². The van der Waals surface area contributed by atoms with Crippen LogP contribution in [0.2, 0.25) is 0 Å². The van der Waals surface area contributed by atoms with E-state index < -0.39 is 0 Å². The van der Waals surface area contributed by atoms with Crippen LogP contribution in [0.3, 0.4) is 0 Å². The highest BCUT2D eigenvalue weighted by Gasteiger charge is 2.20. The molecule has 146 valence electrons. The van der Waals surface area contributed by atoms with Gasteiger partial charge in [0.25, 0.3) is 5.91 Å². The molecular weight excluding hydrogens is 364 g/mol. The number of hydrogen-bond donors (Lipinski definition) is 2. The molecule has 3 N–H and O–H groups in total. The zero-order chi connectivity index (χ0) is 20.7. The van der Waals surface area contributed by atoms with Crippen LogP contribution in [0.4, 0.5) is 11.4 Å². The summed E-state index contributed by atoms with van der Waals surface area (Å²) in [6.07, 6.45) is 1.73. The smallest absolute Gasteiger partial charge is 0.256 e. The number of fused-ring (bicyclic) bond motifs is 1. The number of amides is 1. The average molecular weight is 386 g/mol. The molecule has 1 aromatic carbocycles. The molecule has 0 aliphatic carbocycles. The summed E-state index contributed by atoms with van der Waals surface area (Å²) in [5.41, 5.74) is 12.4. The Morgan fingerprint density at radius 3 is 2.45 bits per heavy atom. The highest BCUT2D eigenvalue weighted by atomic mass is 16.1.